The van der Waals surface area contributed by atoms with Gasteiger partial charge in [-0.05, 0) is 57.8 Å². The fraction of sp³-hybridized carbons (Fsp3) is 0.0976. The molecule has 1 atom stereocenters. The molecule has 6 aromatic carbocycles. The van der Waals surface area contributed by atoms with Crippen LogP contribution in [0.3, 0.4) is 0 Å². The molecule has 2 aromatic heterocycles. The van der Waals surface area contributed by atoms with Crippen LogP contribution in [-0.4, -0.2) is 10.5 Å². The highest BCUT2D eigenvalue weighted by atomic mass is 16.3. The average molecular weight is 580 g/mol. The van der Waals surface area contributed by atoms with Crippen molar-refractivity contribution < 1.29 is 4.42 Å². The first-order valence-electron chi connectivity index (χ1n) is 15.6. The van der Waals surface area contributed by atoms with Gasteiger partial charge in [-0.25, -0.2) is 4.99 Å². The first-order valence-corrected chi connectivity index (χ1v) is 15.6. The second-order valence-corrected chi connectivity index (χ2v) is 12.9. The molecule has 0 spiro atoms. The Bertz CT molecular complexity index is 2610. The molecule has 1 aliphatic heterocycles. The van der Waals surface area contributed by atoms with E-state index in [1.807, 2.05) is 12.1 Å². The molecule has 0 saturated heterocycles. The zero-order valence-corrected chi connectivity index (χ0v) is 25.0. The molecule has 2 aliphatic rings. The van der Waals surface area contributed by atoms with Crippen molar-refractivity contribution in [1.82, 2.24) is 9.88 Å². The van der Waals surface area contributed by atoms with E-state index in [9.17, 15) is 0 Å². The van der Waals surface area contributed by atoms with Crippen molar-refractivity contribution in [1.29, 1.82) is 0 Å². The van der Waals surface area contributed by atoms with Crippen LogP contribution in [-0.2, 0) is 5.41 Å². The van der Waals surface area contributed by atoms with Crippen LogP contribution >= 0.6 is 0 Å². The van der Waals surface area contributed by atoms with E-state index in [1.165, 1.54) is 38.2 Å². The van der Waals surface area contributed by atoms with Gasteiger partial charge in [0.05, 0.1) is 16.7 Å². The van der Waals surface area contributed by atoms with Crippen LogP contribution in [0.1, 0.15) is 36.6 Å². The maximum atomic E-state index is 6.38. The van der Waals surface area contributed by atoms with Crippen molar-refractivity contribution in [3.8, 4) is 0 Å². The predicted molar refractivity (Wildman–Crippen MR) is 186 cm³/mol. The molecule has 4 heteroatoms. The minimum Gasteiger partial charge on any atom is -0.456 e. The zero-order chi connectivity index (χ0) is 29.9. The topological polar surface area (TPSA) is 42.5 Å². The molecular weight excluding hydrogens is 550 g/mol. The summed E-state index contributed by atoms with van der Waals surface area (Å²) in [5.41, 5.74) is 9.99. The number of aromatic nitrogens is 1. The summed E-state index contributed by atoms with van der Waals surface area (Å²) in [4.78, 5) is 5.63. The average Bonchev–Trinajstić information content (AvgIpc) is 3.68. The van der Waals surface area contributed by atoms with E-state index in [0.717, 1.165) is 50.2 Å². The van der Waals surface area contributed by atoms with Crippen molar-refractivity contribution in [2.24, 2.45) is 4.99 Å². The van der Waals surface area contributed by atoms with E-state index in [0.29, 0.717) is 0 Å². The van der Waals surface area contributed by atoms with Crippen LogP contribution in [0.4, 0.5) is 0 Å². The zero-order valence-electron chi connectivity index (χ0n) is 25.0. The number of benzene rings is 6. The molecule has 0 bridgehead atoms. The molecule has 0 saturated carbocycles. The summed E-state index contributed by atoms with van der Waals surface area (Å²) in [6.45, 7) is 4.66. The molecule has 10 rings (SSSR count). The monoisotopic (exact) mass is 579 g/mol. The van der Waals surface area contributed by atoms with Gasteiger partial charge in [0.25, 0.3) is 0 Å². The smallest absolute Gasteiger partial charge is 0.208 e. The molecule has 45 heavy (non-hydrogen) atoms. The van der Waals surface area contributed by atoms with Gasteiger partial charge in [-0.3, -0.25) is 4.57 Å². The Hall–Kier alpha value is -5.61. The van der Waals surface area contributed by atoms with E-state index in [1.54, 1.807) is 0 Å². The van der Waals surface area contributed by atoms with Gasteiger partial charge >= 0.3 is 0 Å². The number of hydrogen-bond acceptors (Lipinski definition) is 3. The quantitative estimate of drug-likeness (QED) is 0.210. The maximum Gasteiger partial charge on any atom is 0.208 e. The second kappa shape index (κ2) is 8.73. The SMILES string of the molecule is CC1(C)C2=C(NC(n3c4ccccc4c4cc5ccccc5cc43)=NC2c2ccc3c(c2)oc2ccccc23)c2ccccc21. The molecule has 1 N–H and O–H groups in total. The maximum absolute atomic E-state index is 6.38. The highest BCUT2D eigenvalue weighted by Crippen LogP contribution is 2.53. The van der Waals surface area contributed by atoms with Gasteiger partial charge in [-0.15, -0.1) is 0 Å². The lowest BCUT2D eigenvalue weighted by atomic mass is 9.76. The Balaban J connectivity index is 1.26. The van der Waals surface area contributed by atoms with Crippen LogP contribution in [0.5, 0.6) is 0 Å². The number of nitrogens with zero attached hydrogens (tertiary/aromatic N) is 2. The Kier molecular flexibility index (Phi) is 4.81. The molecular formula is C41H29N3O. The molecule has 4 nitrogen and oxygen atoms in total. The lowest BCUT2D eigenvalue weighted by molar-refractivity contribution is 0.574. The van der Waals surface area contributed by atoms with Crippen LogP contribution in [0.2, 0.25) is 0 Å². The van der Waals surface area contributed by atoms with Crippen LogP contribution in [0.15, 0.2) is 142 Å². The van der Waals surface area contributed by atoms with E-state index >= 15 is 0 Å². The number of furan rings is 1. The summed E-state index contributed by atoms with van der Waals surface area (Å²) in [6, 6.07) is 45.4. The first-order chi connectivity index (χ1) is 22.1. The van der Waals surface area contributed by atoms with Gasteiger partial charge in [0.2, 0.25) is 5.96 Å². The summed E-state index contributed by atoms with van der Waals surface area (Å²) < 4.78 is 8.70. The van der Waals surface area contributed by atoms with Gasteiger partial charge in [-0.1, -0.05) is 111 Å². The number of rotatable bonds is 1. The van der Waals surface area contributed by atoms with Gasteiger partial charge in [0, 0.05) is 32.5 Å². The summed E-state index contributed by atoms with van der Waals surface area (Å²) >= 11 is 0. The number of nitrogens with one attached hydrogen (secondary N) is 1. The van der Waals surface area contributed by atoms with E-state index in [4.69, 9.17) is 9.41 Å². The highest BCUT2D eigenvalue weighted by molar-refractivity contribution is 6.18. The third-order valence-electron chi connectivity index (χ3n) is 10.0. The largest absolute Gasteiger partial charge is 0.456 e. The molecule has 214 valence electrons. The molecule has 0 radical (unpaired) electrons. The van der Waals surface area contributed by atoms with Crippen LogP contribution in [0, 0.1) is 0 Å². The third-order valence-corrected chi connectivity index (χ3v) is 10.0. The van der Waals surface area contributed by atoms with Gasteiger partial charge in [0.1, 0.15) is 17.2 Å². The van der Waals surface area contributed by atoms with Gasteiger partial charge < -0.3 is 9.73 Å². The number of fused-ring (bicyclic) bond motifs is 9. The number of hydrogen-bond donors (Lipinski definition) is 1. The van der Waals surface area contributed by atoms with Crippen molar-refractivity contribution in [3.63, 3.8) is 0 Å². The number of para-hydroxylation sites is 2. The summed E-state index contributed by atoms with van der Waals surface area (Å²) in [7, 11) is 0. The Morgan fingerprint density at radius 2 is 1.36 bits per heavy atom. The minimum atomic E-state index is -0.210. The van der Waals surface area contributed by atoms with Gasteiger partial charge in [-0.2, -0.15) is 0 Å². The summed E-state index contributed by atoms with van der Waals surface area (Å²) in [6.07, 6.45) is 0. The summed E-state index contributed by atoms with van der Waals surface area (Å²) in [5, 5.41) is 11.0. The van der Waals surface area contributed by atoms with Crippen molar-refractivity contribution in [2.45, 2.75) is 25.3 Å². The molecule has 1 unspecified atom stereocenters. The fourth-order valence-electron chi connectivity index (χ4n) is 7.94. The van der Waals surface area contributed by atoms with E-state index < -0.39 is 0 Å². The Morgan fingerprint density at radius 1 is 0.644 bits per heavy atom. The minimum absolute atomic E-state index is 0.201. The Labute approximate surface area is 259 Å². The van der Waals surface area contributed by atoms with E-state index in [2.05, 4.69) is 139 Å². The number of aliphatic imine (C=N–C) groups is 1. The fourth-order valence-corrected chi connectivity index (χ4v) is 7.94. The molecule has 3 heterocycles. The van der Waals surface area contributed by atoms with Gasteiger partial charge in [0.15, 0.2) is 0 Å². The predicted octanol–water partition coefficient (Wildman–Crippen LogP) is 10.1. The third kappa shape index (κ3) is 3.34. The molecule has 0 fully saturated rings. The van der Waals surface area contributed by atoms with Crippen molar-refractivity contribution >= 4 is 66.2 Å². The summed E-state index contributed by atoms with van der Waals surface area (Å²) in [5.74, 6) is 0.831. The van der Waals surface area contributed by atoms with E-state index in [-0.39, 0.29) is 11.5 Å². The molecule has 1 aliphatic carbocycles. The molecule has 8 aromatic rings. The standard InChI is InChI=1S/C41H29N3O/c1-41(2)32-16-8-5-15-30(32)39-37(41)38(26-19-20-29-28-14-7-10-18-35(28)45-36(29)23-26)42-40(43-39)44-33-17-9-6-13-27(33)31-21-24-11-3-4-12-25(24)22-34(31)44/h3-23,38H,1-2H3,(H,42,43). The first kappa shape index (κ1) is 24.8. The lowest BCUT2D eigenvalue weighted by Crippen LogP contribution is -2.35. The molecule has 0 amide bonds. The normalized spacial score (nSPS) is 17.3. The van der Waals surface area contributed by atoms with Crippen LogP contribution < -0.4 is 5.32 Å². The lowest BCUT2D eigenvalue weighted by Gasteiger charge is -2.33. The van der Waals surface area contributed by atoms with Crippen molar-refractivity contribution in [2.75, 3.05) is 0 Å². The highest BCUT2D eigenvalue weighted by Gasteiger charge is 2.44. The van der Waals surface area contributed by atoms with Crippen LogP contribution in [0.25, 0.3) is 60.2 Å². The van der Waals surface area contributed by atoms with Crippen molar-refractivity contribution in [3.05, 3.63) is 150 Å². The Morgan fingerprint density at radius 3 is 2.24 bits per heavy atom. The second-order valence-electron chi connectivity index (χ2n) is 12.9.